The van der Waals surface area contributed by atoms with Crippen LogP contribution in [-0.4, -0.2) is 80.3 Å². The summed E-state index contributed by atoms with van der Waals surface area (Å²) < 4.78 is 11.1. The van der Waals surface area contributed by atoms with E-state index >= 15 is 0 Å². The van der Waals surface area contributed by atoms with E-state index in [1.54, 1.807) is 7.11 Å². The van der Waals surface area contributed by atoms with E-state index in [9.17, 15) is 4.79 Å². The summed E-state index contributed by atoms with van der Waals surface area (Å²) in [5.74, 6) is 1.51. The first-order valence-electron chi connectivity index (χ1n) is 8.84. The number of fused-ring (bicyclic) bond motifs is 3. The molecule has 0 radical (unpaired) electrons. The van der Waals surface area contributed by atoms with Crippen molar-refractivity contribution in [3.63, 3.8) is 0 Å². The maximum Gasteiger partial charge on any atom is 0.290 e. The summed E-state index contributed by atoms with van der Waals surface area (Å²) in [6, 6.07) is 8.10. The van der Waals surface area contributed by atoms with E-state index in [1.165, 1.54) is 0 Å². The Balaban J connectivity index is 0.000000758. The van der Waals surface area contributed by atoms with Crippen LogP contribution in [0.15, 0.2) is 24.3 Å². The predicted molar refractivity (Wildman–Crippen MR) is 97.3 cm³/mol. The second-order valence-electron chi connectivity index (χ2n) is 6.74. The van der Waals surface area contributed by atoms with Gasteiger partial charge in [-0.25, -0.2) is 0 Å². The molecule has 3 rings (SSSR count). The number of hydrogen-bond acceptors (Lipinski definition) is 5. The summed E-state index contributed by atoms with van der Waals surface area (Å²) in [6.45, 7) is 3.89. The van der Waals surface area contributed by atoms with E-state index < -0.39 is 0 Å². The number of amides is 1. The average molecular weight is 364 g/mol. The van der Waals surface area contributed by atoms with E-state index in [4.69, 9.17) is 19.4 Å². The molecule has 2 fully saturated rings. The van der Waals surface area contributed by atoms with Crippen molar-refractivity contribution in [1.82, 2.24) is 9.80 Å². The molecule has 0 saturated carbocycles. The molecule has 0 unspecified atom stereocenters. The van der Waals surface area contributed by atoms with Crippen LogP contribution in [-0.2, 0) is 20.7 Å². The van der Waals surface area contributed by atoms with E-state index in [1.807, 2.05) is 24.3 Å². The van der Waals surface area contributed by atoms with E-state index in [2.05, 4.69) is 16.8 Å². The van der Waals surface area contributed by atoms with Gasteiger partial charge in [0.15, 0.2) is 0 Å². The third-order valence-corrected chi connectivity index (χ3v) is 4.77. The predicted octanol–water partition coefficient (Wildman–Crippen LogP) is 1.12. The molecular weight excluding hydrogens is 336 g/mol. The highest BCUT2D eigenvalue weighted by atomic mass is 16.5. The standard InChI is InChI=1S/C18H26N2O3.CH2O2/c1-19-9-14-10-20(16(11-19)13-23-12-14)18(21)8-7-15-5-3-4-6-17(15)22-2;2-1-3/h3-6,14,16H,7-13H2,1-2H3;1H,(H,2,3)/t14-,16-;/m0./s1. The Morgan fingerprint density at radius 1 is 1.31 bits per heavy atom. The molecule has 1 aromatic rings. The monoisotopic (exact) mass is 364 g/mol. The van der Waals surface area contributed by atoms with Crippen LogP contribution in [0, 0.1) is 5.92 Å². The second kappa shape index (κ2) is 10.1. The number of hydrogen-bond donors (Lipinski definition) is 1. The third-order valence-electron chi connectivity index (χ3n) is 4.77. The maximum absolute atomic E-state index is 12.8. The van der Waals surface area contributed by atoms with Crippen LogP contribution < -0.4 is 4.74 Å². The Bertz CT molecular complexity index is 595. The van der Waals surface area contributed by atoms with Gasteiger partial charge in [0.1, 0.15) is 5.75 Å². The Morgan fingerprint density at radius 2 is 2.04 bits per heavy atom. The van der Waals surface area contributed by atoms with Gasteiger partial charge in [-0.15, -0.1) is 0 Å². The largest absolute Gasteiger partial charge is 0.496 e. The van der Waals surface area contributed by atoms with E-state index in [-0.39, 0.29) is 18.4 Å². The highest BCUT2D eigenvalue weighted by molar-refractivity contribution is 5.77. The van der Waals surface area contributed by atoms with Crippen LogP contribution in [0.1, 0.15) is 12.0 Å². The number of carbonyl (C=O) groups is 2. The minimum Gasteiger partial charge on any atom is -0.496 e. The molecule has 0 aliphatic carbocycles. The summed E-state index contributed by atoms with van der Waals surface area (Å²) in [7, 11) is 3.81. The maximum atomic E-state index is 12.8. The van der Waals surface area contributed by atoms with Gasteiger partial charge in [0, 0.05) is 32.0 Å². The number of rotatable bonds is 4. The number of carboxylic acid groups (broad SMARTS) is 1. The molecule has 1 N–H and O–H groups in total. The van der Waals surface area contributed by atoms with E-state index in [0.29, 0.717) is 25.4 Å². The lowest BCUT2D eigenvalue weighted by Crippen LogP contribution is -2.46. The van der Waals surface area contributed by atoms with Gasteiger partial charge in [0.2, 0.25) is 5.91 Å². The van der Waals surface area contributed by atoms with Crippen LogP contribution in [0.2, 0.25) is 0 Å². The summed E-state index contributed by atoms with van der Waals surface area (Å²) in [5, 5.41) is 6.89. The van der Waals surface area contributed by atoms with Crippen molar-refractivity contribution in [3.8, 4) is 5.75 Å². The van der Waals surface area contributed by atoms with Gasteiger partial charge >= 0.3 is 0 Å². The molecule has 0 aromatic heterocycles. The van der Waals surface area contributed by atoms with Gasteiger partial charge < -0.3 is 24.4 Å². The molecule has 144 valence electrons. The Hall–Kier alpha value is -2.12. The number of para-hydroxylation sites is 1. The van der Waals surface area contributed by atoms with Crippen molar-refractivity contribution in [2.45, 2.75) is 18.9 Å². The highest BCUT2D eigenvalue weighted by Gasteiger charge is 2.34. The number of likely N-dealkylation sites (N-methyl/N-ethyl adjacent to an activating group) is 1. The fraction of sp³-hybridized carbons (Fsp3) is 0.579. The molecule has 2 atom stereocenters. The molecule has 2 saturated heterocycles. The van der Waals surface area contributed by atoms with Gasteiger partial charge in [-0.2, -0.15) is 0 Å². The minimum absolute atomic E-state index is 0.178. The average Bonchev–Trinajstić information content (AvgIpc) is 2.91. The fourth-order valence-corrected chi connectivity index (χ4v) is 3.68. The number of nitrogens with zero attached hydrogens (tertiary/aromatic N) is 2. The van der Waals surface area contributed by atoms with Gasteiger partial charge in [-0.3, -0.25) is 9.59 Å². The zero-order valence-electron chi connectivity index (χ0n) is 15.5. The van der Waals surface area contributed by atoms with Gasteiger partial charge in [0.05, 0.1) is 26.4 Å². The first-order chi connectivity index (χ1) is 12.6. The smallest absolute Gasteiger partial charge is 0.290 e. The summed E-state index contributed by atoms with van der Waals surface area (Å²) >= 11 is 0. The molecule has 1 aromatic carbocycles. The normalized spacial score (nSPS) is 22.6. The van der Waals surface area contributed by atoms with Crippen molar-refractivity contribution in [3.05, 3.63) is 29.8 Å². The summed E-state index contributed by atoms with van der Waals surface area (Å²) in [5.41, 5.74) is 1.09. The molecule has 7 nitrogen and oxygen atoms in total. The zero-order valence-corrected chi connectivity index (χ0v) is 15.5. The molecule has 2 aliphatic rings. The molecule has 2 bridgehead atoms. The van der Waals surface area contributed by atoms with Crippen LogP contribution in [0.5, 0.6) is 5.75 Å². The zero-order chi connectivity index (χ0) is 18.9. The Labute approximate surface area is 154 Å². The third kappa shape index (κ3) is 5.44. The van der Waals surface area contributed by atoms with Crippen LogP contribution in [0.4, 0.5) is 0 Å². The van der Waals surface area contributed by atoms with E-state index in [0.717, 1.165) is 37.6 Å². The number of methoxy groups -OCH3 is 1. The number of aryl methyl sites for hydroxylation is 1. The van der Waals surface area contributed by atoms with Crippen molar-refractivity contribution >= 4 is 12.4 Å². The van der Waals surface area contributed by atoms with Gasteiger partial charge in [-0.1, -0.05) is 18.2 Å². The molecule has 1 amide bonds. The molecule has 2 aliphatic heterocycles. The molecule has 7 heteroatoms. The van der Waals surface area contributed by atoms with Crippen LogP contribution in [0.25, 0.3) is 0 Å². The molecule has 2 heterocycles. The van der Waals surface area contributed by atoms with Crippen LogP contribution in [0.3, 0.4) is 0 Å². The lowest BCUT2D eigenvalue weighted by Gasteiger charge is -2.29. The summed E-state index contributed by atoms with van der Waals surface area (Å²) in [4.78, 5) is 25.5. The fourth-order valence-electron chi connectivity index (χ4n) is 3.68. The SMILES string of the molecule is COc1ccccc1CCC(=O)N1C[C@H]2COC[C@@H]1CN(C)C2.O=CO. The summed E-state index contributed by atoms with van der Waals surface area (Å²) in [6.07, 6.45) is 1.24. The second-order valence-corrected chi connectivity index (χ2v) is 6.74. The molecule has 26 heavy (non-hydrogen) atoms. The van der Waals surface area contributed by atoms with Crippen molar-refractivity contribution in [2.75, 3.05) is 47.0 Å². The van der Waals surface area contributed by atoms with Gasteiger partial charge in [-0.05, 0) is 25.1 Å². The number of carbonyl (C=O) groups excluding carboxylic acids is 1. The minimum atomic E-state index is -0.250. The van der Waals surface area contributed by atoms with Crippen LogP contribution >= 0.6 is 0 Å². The lowest BCUT2D eigenvalue weighted by atomic mass is 10.1. The topological polar surface area (TPSA) is 79.3 Å². The first-order valence-corrected chi connectivity index (χ1v) is 8.84. The molecule has 0 spiro atoms. The first kappa shape index (κ1) is 20.2. The highest BCUT2D eigenvalue weighted by Crippen LogP contribution is 2.22. The number of benzene rings is 1. The Morgan fingerprint density at radius 3 is 2.77 bits per heavy atom. The van der Waals surface area contributed by atoms with Crippen molar-refractivity contribution in [1.29, 1.82) is 0 Å². The number of ether oxygens (including phenoxy) is 2. The molecular formula is C19H28N2O5. The quantitative estimate of drug-likeness (QED) is 0.807. The lowest BCUT2D eigenvalue weighted by molar-refractivity contribution is -0.133. The van der Waals surface area contributed by atoms with Crippen molar-refractivity contribution in [2.24, 2.45) is 5.92 Å². The Kier molecular flexibility index (Phi) is 7.87. The van der Waals surface area contributed by atoms with Gasteiger partial charge in [0.25, 0.3) is 6.47 Å². The van der Waals surface area contributed by atoms with Crippen molar-refractivity contribution < 1.29 is 24.2 Å².